The molecule has 1 aliphatic heterocycles. The molecule has 6 nitrogen and oxygen atoms in total. The monoisotopic (exact) mass is 316 g/mol. The summed E-state index contributed by atoms with van der Waals surface area (Å²) in [7, 11) is 1.58. The fourth-order valence-corrected chi connectivity index (χ4v) is 4.09. The van der Waals surface area contributed by atoms with Crippen molar-refractivity contribution in [2.24, 2.45) is 5.41 Å². The van der Waals surface area contributed by atoms with Gasteiger partial charge >= 0.3 is 0 Å². The quantitative estimate of drug-likeness (QED) is 0.566. The molecule has 22 heavy (non-hydrogen) atoms. The summed E-state index contributed by atoms with van der Waals surface area (Å²) in [6, 6.07) is 0. The Labute approximate surface area is 131 Å². The van der Waals surface area contributed by atoms with Crippen molar-refractivity contribution in [1.29, 1.82) is 0 Å². The largest absolute Gasteiger partial charge is 0.387 e. The van der Waals surface area contributed by atoms with Crippen molar-refractivity contribution in [3.8, 4) is 0 Å². The van der Waals surface area contributed by atoms with Gasteiger partial charge < -0.3 is 29.2 Å². The molecule has 0 aromatic carbocycles. The van der Waals surface area contributed by atoms with Gasteiger partial charge in [0.2, 0.25) is 0 Å². The molecular formula is C16H28O6. The molecule has 3 rings (SSSR count). The van der Waals surface area contributed by atoms with E-state index < -0.39 is 22.4 Å². The summed E-state index contributed by atoms with van der Waals surface area (Å²) in [5.74, 6) is -0.493. The molecule has 0 aromatic rings. The number of rotatable bonds is 6. The molecule has 0 bridgehead atoms. The molecule has 2 aliphatic carbocycles. The maximum Gasteiger partial charge on any atom is 0.168 e. The van der Waals surface area contributed by atoms with Crippen LogP contribution in [-0.2, 0) is 18.9 Å². The molecule has 6 heteroatoms. The van der Waals surface area contributed by atoms with E-state index in [-0.39, 0.29) is 6.79 Å². The van der Waals surface area contributed by atoms with Gasteiger partial charge in [0.25, 0.3) is 0 Å². The van der Waals surface area contributed by atoms with E-state index in [9.17, 15) is 10.2 Å². The predicted molar refractivity (Wildman–Crippen MR) is 78.2 cm³/mol. The van der Waals surface area contributed by atoms with Crippen LogP contribution in [0.2, 0.25) is 0 Å². The first-order valence-corrected chi connectivity index (χ1v) is 8.18. The van der Waals surface area contributed by atoms with Gasteiger partial charge in [-0.2, -0.15) is 0 Å². The van der Waals surface area contributed by atoms with Gasteiger partial charge in [0.1, 0.15) is 6.79 Å². The summed E-state index contributed by atoms with van der Waals surface area (Å²) in [6.45, 7) is 3.58. The van der Waals surface area contributed by atoms with Crippen LogP contribution < -0.4 is 0 Å². The molecule has 1 unspecified atom stereocenters. The average Bonchev–Trinajstić information content (AvgIpc) is 3.10. The molecule has 0 amide bonds. The molecule has 2 N–H and O–H groups in total. The van der Waals surface area contributed by atoms with Crippen LogP contribution in [-0.4, -0.2) is 60.9 Å². The molecule has 0 radical (unpaired) electrons. The summed E-state index contributed by atoms with van der Waals surface area (Å²) in [4.78, 5) is 0. The average molecular weight is 316 g/mol. The number of ether oxygens (including phenoxy) is 4. The van der Waals surface area contributed by atoms with E-state index in [1.54, 1.807) is 14.0 Å². The molecule has 3 aliphatic rings. The Hall–Kier alpha value is -0.240. The first-order valence-electron chi connectivity index (χ1n) is 8.18. The first kappa shape index (κ1) is 16.6. The molecule has 0 aromatic heterocycles. The van der Waals surface area contributed by atoms with Crippen LogP contribution in [0.3, 0.4) is 0 Å². The minimum Gasteiger partial charge on any atom is -0.387 e. The van der Waals surface area contributed by atoms with Crippen molar-refractivity contribution in [2.45, 2.75) is 62.4 Å². The fourth-order valence-electron chi connectivity index (χ4n) is 4.09. The third-order valence-corrected chi connectivity index (χ3v) is 6.02. The smallest absolute Gasteiger partial charge is 0.168 e. The van der Waals surface area contributed by atoms with Crippen LogP contribution in [0, 0.1) is 5.41 Å². The summed E-state index contributed by atoms with van der Waals surface area (Å²) in [6.07, 6.45) is 4.12. The van der Waals surface area contributed by atoms with E-state index in [4.69, 9.17) is 18.9 Å². The van der Waals surface area contributed by atoms with Crippen molar-refractivity contribution < 1.29 is 29.2 Å². The summed E-state index contributed by atoms with van der Waals surface area (Å²) >= 11 is 0. The maximum atomic E-state index is 11.2. The maximum absolute atomic E-state index is 11.2. The zero-order chi connectivity index (χ0) is 15.9. The van der Waals surface area contributed by atoms with Crippen LogP contribution in [0.25, 0.3) is 0 Å². The van der Waals surface area contributed by atoms with Gasteiger partial charge in [-0.1, -0.05) is 0 Å². The minimum absolute atomic E-state index is 0.189. The molecular weight excluding hydrogens is 288 g/mol. The molecule has 1 spiro atoms. The van der Waals surface area contributed by atoms with Crippen molar-refractivity contribution in [1.82, 2.24) is 0 Å². The van der Waals surface area contributed by atoms with Crippen molar-refractivity contribution in [2.75, 3.05) is 33.7 Å². The SMILES string of the molecule is COCOCC1(C(C)(O)C2(O)CC2)CCC2(CC1)OCCO2. The first-order chi connectivity index (χ1) is 10.4. The summed E-state index contributed by atoms with van der Waals surface area (Å²) in [5, 5.41) is 21.8. The summed E-state index contributed by atoms with van der Waals surface area (Å²) < 4.78 is 22.1. The zero-order valence-corrected chi connectivity index (χ0v) is 13.6. The Balaban J connectivity index is 1.76. The highest BCUT2D eigenvalue weighted by atomic mass is 16.7. The van der Waals surface area contributed by atoms with E-state index in [0.29, 0.717) is 45.5 Å². The van der Waals surface area contributed by atoms with Gasteiger partial charge in [-0.25, -0.2) is 0 Å². The standard InChI is InChI=1S/C16H28O6/c1-13(17,15(18)5-6-15)14(11-20-12-19-2)3-7-16(8-4-14)21-9-10-22-16/h17-18H,3-12H2,1-2H3. The Morgan fingerprint density at radius 3 is 2.14 bits per heavy atom. The fraction of sp³-hybridized carbons (Fsp3) is 1.00. The van der Waals surface area contributed by atoms with Crippen molar-refractivity contribution in [3.63, 3.8) is 0 Å². The van der Waals surface area contributed by atoms with Crippen LogP contribution in [0.1, 0.15) is 45.4 Å². The topological polar surface area (TPSA) is 77.4 Å². The van der Waals surface area contributed by atoms with Gasteiger partial charge in [0.15, 0.2) is 5.79 Å². The third kappa shape index (κ3) is 2.60. The van der Waals surface area contributed by atoms with E-state index in [1.807, 2.05) is 0 Å². The second kappa shape index (κ2) is 5.69. The molecule has 128 valence electrons. The highest BCUT2D eigenvalue weighted by molar-refractivity contribution is 5.16. The lowest BCUT2D eigenvalue weighted by atomic mass is 9.60. The van der Waals surface area contributed by atoms with Crippen molar-refractivity contribution >= 4 is 0 Å². The Morgan fingerprint density at radius 1 is 1.05 bits per heavy atom. The molecule has 1 atom stereocenters. The second-order valence-corrected chi connectivity index (χ2v) is 7.25. The van der Waals surface area contributed by atoms with Crippen LogP contribution >= 0.6 is 0 Å². The normalized spacial score (nSPS) is 31.1. The number of hydrogen-bond donors (Lipinski definition) is 2. The van der Waals surface area contributed by atoms with E-state index >= 15 is 0 Å². The predicted octanol–water partition coefficient (Wildman–Crippen LogP) is 1.19. The minimum atomic E-state index is -1.19. The molecule has 2 saturated carbocycles. The van der Waals surface area contributed by atoms with Gasteiger partial charge in [0.05, 0.1) is 31.0 Å². The lowest BCUT2D eigenvalue weighted by Gasteiger charge is -2.52. The highest BCUT2D eigenvalue weighted by Crippen LogP contribution is 2.59. The Morgan fingerprint density at radius 2 is 1.64 bits per heavy atom. The van der Waals surface area contributed by atoms with Crippen LogP contribution in [0.4, 0.5) is 0 Å². The Bertz CT molecular complexity index is 387. The molecule has 3 fully saturated rings. The van der Waals surface area contributed by atoms with Crippen LogP contribution in [0.15, 0.2) is 0 Å². The number of hydrogen-bond acceptors (Lipinski definition) is 6. The van der Waals surface area contributed by atoms with E-state index in [2.05, 4.69) is 0 Å². The zero-order valence-electron chi connectivity index (χ0n) is 13.6. The van der Waals surface area contributed by atoms with Gasteiger partial charge in [-0.3, -0.25) is 0 Å². The lowest BCUT2D eigenvalue weighted by molar-refractivity contribution is -0.247. The lowest BCUT2D eigenvalue weighted by Crippen LogP contribution is -2.60. The van der Waals surface area contributed by atoms with Gasteiger partial charge in [0, 0.05) is 25.4 Å². The molecule has 1 heterocycles. The number of methoxy groups -OCH3 is 1. The molecule has 1 saturated heterocycles. The van der Waals surface area contributed by atoms with Crippen molar-refractivity contribution in [3.05, 3.63) is 0 Å². The highest BCUT2D eigenvalue weighted by Gasteiger charge is 2.66. The van der Waals surface area contributed by atoms with Gasteiger partial charge in [-0.15, -0.1) is 0 Å². The third-order valence-electron chi connectivity index (χ3n) is 6.02. The van der Waals surface area contributed by atoms with E-state index in [1.165, 1.54) is 0 Å². The summed E-state index contributed by atoms with van der Waals surface area (Å²) in [5.41, 5.74) is -2.68. The second-order valence-electron chi connectivity index (χ2n) is 7.25. The van der Waals surface area contributed by atoms with E-state index in [0.717, 1.165) is 12.8 Å². The Kier molecular flexibility index (Phi) is 4.29. The number of aliphatic hydroxyl groups is 2. The van der Waals surface area contributed by atoms with Crippen LogP contribution in [0.5, 0.6) is 0 Å². The van der Waals surface area contributed by atoms with Gasteiger partial charge in [-0.05, 0) is 32.6 Å².